The Bertz CT molecular complexity index is 1060. The van der Waals surface area contributed by atoms with Crippen molar-refractivity contribution in [2.24, 2.45) is 0 Å². The third-order valence-corrected chi connectivity index (χ3v) is 4.02. The molecule has 0 aliphatic heterocycles. The predicted molar refractivity (Wildman–Crippen MR) is 102 cm³/mol. The number of fused-ring (bicyclic) bond motifs is 1. The maximum Gasteiger partial charge on any atom is 0.326 e. The van der Waals surface area contributed by atoms with Crippen LogP contribution >= 0.6 is 0 Å². The second kappa shape index (κ2) is 7.62. The number of rotatable bonds is 4. The van der Waals surface area contributed by atoms with E-state index in [2.05, 4.69) is 4.98 Å². The summed E-state index contributed by atoms with van der Waals surface area (Å²) in [6, 6.07) is 7.42. The fraction of sp³-hybridized carbons (Fsp3) is 0.238. The number of esters is 1. The molecule has 0 aliphatic rings. The first-order chi connectivity index (χ1) is 13.5. The molecule has 1 aromatic heterocycles. The molecule has 0 unspecified atom stereocenters. The Morgan fingerprint density at radius 1 is 1.03 bits per heavy atom. The van der Waals surface area contributed by atoms with Gasteiger partial charge < -0.3 is 9.72 Å². The zero-order chi connectivity index (χ0) is 21.3. The van der Waals surface area contributed by atoms with Crippen LogP contribution in [0.1, 0.15) is 31.1 Å². The van der Waals surface area contributed by atoms with Crippen LogP contribution in [0.5, 0.6) is 0 Å². The molecule has 2 aromatic carbocycles. The van der Waals surface area contributed by atoms with Gasteiger partial charge in [0.1, 0.15) is 35.2 Å². The molecule has 0 atom stereocenters. The van der Waals surface area contributed by atoms with E-state index in [1.54, 1.807) is 45.2 Å². The van der Waals surface area contributed by atoms with Gasteiger partial charge in [0.2, 0.25) is 0 Å². The van der Waals surface area contributed by atoms with Crippen molar-refractivity contribution in [3.8, 4) is 0 Å². The van der Waals surface area contributed by atoms with E-state index in [9.17, 15) is 22.8 Å². The first kappa shape index (κ1) is 20.4. The van der Waals surface area contributed by atoms with Crippen molar-refractivity contribution in [1.29, 1.82) is 0 Å². The zero-order valence-electron chi connectivity index (χ0n) is 16.1. The number of halogens is 3. The highest BCUT2D eigenvalue weighted by Crippen LogP contribution is 2.25. The van der Waals surface area contributed by atoms with Gasteiger partial charge in [-0.25, -0.2) is 13.2 Å². The summed E-state index contributed by atoms with van der Waals surface area (Å²) < 4.78 is 46.9. The lowest BCUT2D eigenvalue weighted by Crippen LogP contribution is -2.39. The molecule has 0 spiro atoms. The van der Waals surface area contributed by atoms with Crippen LogP contribution in [0.4, 0.5) is 18.9 Å². The molecule has 8 heteroatoms. The second-order valence-corrected chi connectivity index (χ2v) is 7.47. The van der Waals surface area contributed by atoms with E-state index in [1.165, 1.54) is 6.07 Å². The van der Waals surface area contributed by atoms with Gasteiger partial charge in [-0.2, -0.15) is 0 Å². The third kappa shape index (κ3) is 4.59. The second-order valence-electron chi connectivity index (χ2n) is 7.47. The number of carbonyl (C=O) groups excluding carboxylic acids is 2. The number of H-pyrrole nitrogens is 1. The van der Waals surface area contributed by atoms with Gasteiger partial charge in [0.05, 0.1) is 0 Å². The standard InChI is InChI=1S/C21H19F3N2O3/c1-21(2,3)29-18(27)11-26(14-5-4-12-6-7-25-17(12)10-14)20(28)19-15(23)8-13(22)9-16(19)24/h4-10,25H,11H2,1-3H3. The molecule has 1 amide bonds. The minimum atomic E-state index is -1.36. The van der Waals surface area contributed by atoms with E-state index in [0.29, 0.717) is 17.6 Å². The number of aromatic nitrogens is 1. The van der Waals surface area contributed by atoms with Gasteiger partial charge in [-0.15, -0.1) is 0 Å². The monoisotopic (exact) mass is 404 g/mol. The number of carbonyl (C=O) groups is 2. The molecule has 152 valence electrons. The minimum Gasteiger partial charge on any atom is -0.459 e. The summed E-state index contributed by atoms with van der Waals surface area (Å²) >= 11 is 0. The van der Waals surface area contributed by atoms with Crippen LogP contribution in [-0.4, -0.2) is 29.0 Å². The van der Waals surface area contributed by atoms with Crippen LogP contribution in [0.15, 0.2) is 42.6 Å². The van der Waals surface area contributed by atoms with Crippen molar-refractivity contribution < 1.29 is 27.5 Å². The summed E-state index contributed by atoms with van der Waals surface area (Å²) in [7, 11) is 0. The van der Waals surface area contributed by atoms with Gasteiger partial charge in [0, 0.05) is 29.5 Å². The van der Waals surface area contributed by atoms with Gasteiger partial charge in [0.25, 0.3) is 5.91 Å². The van der Waals surface area contributed by atoms with E-state index in [-0.39, 0.29) is 5.69 Å². The Morgan fingerprint density at radius 3 is 2.31 bits per heavy atom. The molecular weight excluding hydrogens is 385 g/mol. The van der Waals surface area contributed by atoms with Crippen LogP contribution in [0.25, 0.3) is 10.9 Å². The summed E-state index contributed by atoms with van der Waals surface area (Å²) in [6.07, 6.45) is 1.69. The summed E-state index contributed by atoms with van der Waals surface area (Å²) in [4.78, 5) is 29.2. The molecule has 0 aliphatic carbocycles. The molecular formula is C21H19F3N2O3. The van der Waals surface area contributed by atoms with E-state index in [0.717, 1.165) is 10.3 Å². The lowest BCUT2D eigenvalue weighted by molar-refractivity contribution is -0.152. The number of nitrogens with one attached hydrogen (secondary N) is 1. The Balaban J connectivity index is 2.04. The number of benzene rings is 2. The van der Waals surface area contributed by atoms with Gasteiger partial charge in [-0.3, -0.25) is 14.5 Å². The molecule has 0 saturated heterocycles. The number of amides is 1. The zero-order valence-corrected chi connectivity index (χ0v) is 16.1. The molecule has 5 nitrogen and oxygen atoms in total. The van der Waals surface area contributed by atoms with Gasteiger partial charge in [0.15, 0.2) is 0 Å². The Kier molecular flexibility index (Phi) is 5.37. The largest absolute Gasteiger partial charge is 0.459 e. The average molecular weight is 404 g/mol. The van der Waals surface area contributed by atoms with Crippen molar-refractivity contribution in [3.05, 3.63) is 65.6 Å². The first-order valence-electron chi connectivity index (χ1n) is 8.80. The number of anilines is 1. The van der Waals surface area contributed by atoms with Crippen molar-refractivity contribution in [3.63, 3.8) is 0 Å². The fourth-order valence-corrected chi connectivity index (χ4v) is 2.87. The molecule has 0 saturated carbocycles. The Hall–Kier alpha value is -3.29. The van der Waals surface area contributed by atoms with Crippen LogP contribution in [0.3, 0.4) is 0 Å². The van der Waals surface area contributed by atoms with E-state index in [4.69, 9.17) is 4.74 Å². The molecule has 1 heterocycles. The Morgan fingerprint density at radius 2 is 1.69 bits per heavy atom. The molecule has 0 bridgehead atoms. The number of hydrogen-bond acceptors (Lipinski definition) is 3. The summed E-state index contributed by atoms with van der Waals surface area (Å²) in [5.74, 6) is -5.76. The molecule has 0 fully saturated rings. The molecule has 1 N–H and O–H groups in total. The van der Waals surface area contributed by atoms with E-state index >= 15 is 0 Å². The van der Waals surface area contributed by atoms with E-state index < -0.39 is 47.0 Å². The van der Waals surface area contributed by atoms with Crippen molar-refractivity contribution in [1.82, 2.24) is 4.98 Å². The van der Waals surface area contributed by atoms with Crippen molar-refractivity contribution >= 4 is 28.5 Å². The lowest BCUT2D eigenvalue weighted by Gasteiger charge is -2.25. The van der Waals surface area contributed by atoms with Crippen molar-refractivity contribution in [2.75, 3.05) is 11.4 Å². The van der Waals surface area contributed by atoms with Gasteiger partial charge in [-0.1, -0.05) is 6.07 Å². The lowest BCUT2D eigenvalue weighted by atomic mass is 10.1. The van der Waals surface area contributed by atoms with Gasteiger partial charge >= 0.3 is 5.97 Å². The topological polar surface area (TPSA) is 62.4 Å². The minimum absolute atomic E-state index is 0.221. The summed E-state index contributed by atoms with van der Waals surface area (Å²) in [6.45, 7) is 4.38. The van der Waals surface area contributed by atoms with E-state index in [1.807, 2.05) is 0 Å². The highest BCUT2D eigenvalue weighted by atomic mass is 19.1. The molecule has 29 heavy (non-hydrogen) atoms. The average Bonchev–Trinajstić information content (AvgIpc) is 3.04. The summed E-state index contributed by atoms with van der Waals surface area (Å²) in [5.41, 5.74) is -0.897. The number of nitrogens with zero attached hydrogens (tertiary/aromatic N) is 1. The highest BCUT2D eigenvalue weighted by Gasteiger charge is 2.29. The maximum absolute atomic E-state index is 14.2. The number of ether oxygens (including phenoxy) is 1. The SMILES string of the molecule is CC(C)(C)OC(=O)CN(C(=O)c1c(F)cc(F)cc1F)c1ccc2cc[nH]c2c1. The molecule has 0 radical (unpaired) electrons. The number of hydrogen-bond donors (Lipinski definition) is 1. The van der Waals surface area contributed by atoms with Crippen molar-refractivity contribution in [2.45, 2.75) is 26.4 Å². The molecule has 3 aromatic rings. The Labute approximate surface area is 165 Å². The normalized spacial score (nSPS) is 11.5. The van der Waals surface area contributed by atoms with Gasteiger partial charge in [-0.05, 0) is 44.4 Å². The first-order valence-corrected chi connectivity index (χ1v) is 8.80. The van der Waals surface area contributed by atoms with Crippen LogP contribution in [0, 0.1) is 17.5 Å². The smallest absolute Gasteiger partial charge is 0.326 e. The van der Waals surface area contributed by atoms with Crippen LogP contribution in [-0.2, 0) is 9.53 Å². The molecule has 3 rings (SSSR count). The predicted octanol–water partition coefficient (Wildman–Crippen LogP) is 4.57. The fourth-order valence-electron chi connectivity index (χ4n) is 2.87. The highest BCUT2D eigenvalue weighted by molar-refractivity contribution is 6.09. The number of aromatic amines is 1. The summed E-state index contributed by atoms with van der Waals surface area (Å²) in [5, 5.41) is 0.845. The van der Waals surface area contributed by atoms with Crippen LogP contribution in [0.2, 0.25) is 0 Å². The third-order valence-electron chi connectivity index (χ3n) is 4.02. The van der Waals surface area contributed by atoms with Crippen LogP contribution < -0.4 is 4.90 Å². The maximum atomic E-state index is 14.2. The quantitative estimate of drug-likeness (QED) is 0.648.